The van der Waals surface area contributed by atoms with Crippen LogP contribution in [0.5, 0.6) is 0 Å². The van der Waals surface area contributed by atoms with E-state index in [0.717, 1.165) is 0 Å². The van der Waals surface area contributed by atoms with Crippen molar-refractivity contribution in [2.75, 3.05) is 0 Å². The van der Waals surface area contributed by atoms with Gasteiger partial charge in [-0.05, 0) is 6.07 Å². The highest BCUT2D eigenvalue weighted by molar-refractivity contribution is 6.11. The summed E-state index contributed by atoms with van der Waals surface area (Å²) in [5.41, 5.74) is -1.04. The molecule has 0 saturated heterocycles. The van der Waals surface area contributed by atoms with Crippen LogP contribution in [-0.4, -0.2) is 7.85 Å². The second-order valence-corrected chi connectivity index (χ2v) is 2.29. The molecule has 1 unspecified atom stereocenters. The maximum Gasteiger partial charge on any atom is 0.197 e. The Hall–Kier alpha value is -1.07. The largest absolute Gasteiger partial charge is 0.253 e. The molecule has 1 aromatic carbocycles. The number of hydrogen-bond acceptors (Lipinski definition) is 0. The lowest BCUT2D eigenvalue weighted by molar-refractivity contribution is 0.381. The van der Waals surface area contributed by atoms with Crippen LogP contribution in [0.25, 0.3) is 0 Å². The van der Waals surface area contributed by atoms with E-state index in [4.69, 9.17) is 0 Å². The highest BCUT2D eigenvalue weighted by Gasteiger charge is 2.21. The lowest BCUT2D eigenvalue weighted by Gasteiger charge is -2.06. The minimum Gasteiger partial charge on any atom is -0.253 e. The third-order valence-corrected chi connectivity index (χ3v) is 1.43. The molecule has 0 spiro atoms. The number of halogens is 5. The second kappa shape index (κ2) is 3.36. The zero-order valence-electron chi connectivity index (χ0n) is 6.12. The van der Waals surface area contributed by atoms with Crippen molar-refractivity contribution in [1.29, 1.82) is 0 Å². The van der Waals surface area contributed by atoms with Gasteiger partial charge in [0.05, 0.1) is 6.07 Å². The molecule has 2 radical (unpaired) electrons. The summed E-state index contributed by atoms with van der Waals surface area (Å²) in [6, 6.07) is 0.179. The summed E-state index contributed by atoms with van der Waals surface area (Å²) in [5, 5.41) is 0. The van der Waals surface area contributed by atoms with E-state index in [1.807, 2.05) is 0 Å². The average molecular weight is 192 g/mol. The van der Waals surface area contributed by atoms with Crippen LogP contribution in [0.4, 0.5) is 22.0 Å². The lowest BCUT2D eigenvalue weighted by atomic mass is 9.93. The molecule has 13 heavy (non-hydrogen) atoms. The Morgan fingerprint density at radius 2 is 1.54 bits per heavy atom. The van der Waals surface area contributed by atoms with Crippen LogP contribution >= 0.6 is 0 Å². The maximum atomic E-state index is 12.6. The van der Waals surface area contributed by atoms with E-state index >= 15 is 0 Å². The van der Waals surface area contributed by atoms with Crippen LogP contribution in [0.1, 0.15) is 11.6 Å². The van der Waals surface area contributed by atoms with Gasteiger partial charge in [0.1, 0.15) is 7.85 Å². The van der Waals surface area contributed by atoms with Crippen molar-refractivity contribution in [1.82, 2.24) is 0 Å². The smallest absolute Gasteiger partial charge is 0.197 e. The van der Waals surface area contributed by atoms with E-state index < -0.39 is 34.9 Å². The molecule has 1 aromatic rings. The zero-order chi connectivity index (χ0) is 10.2. The van der Waals surface area contributed by atoms with Crippen molar-refractivity contribution in [3.63, 3.8) is 0 Å². The van der Waals surface area contributed by atoms with Crippen molar-refractivity contribution >= 4 is 7.85 Å². The molecule has 68 valence electrons. The standard InChI is InChI=1S/C7H2BF5/c8-7(13)2-1-3(9)5(11)6(12)4(2)10/h1,7H. The molecule has 6 heteroatoms. The van der Waals surface area contributed by atoms with E-state index in [2.05, 4.69) is 7.85 Å². The molecule has 0 fully saturated rings. The molecule has 0 heterocycles. The van der Waals surface area contributed by atoms with Gasteiger partial charge in [-0.2, -0.15) is 0 Å². The van der Waals surface area contributed by atoms with Crippen molar-refractivity contribution < 1.29 is 22.0 Å². The molecule has 0 aliphatic rings. The van der Waals surface area contributed by atoms with E-state index in [1.54, 1.807) is 0 Å². The van der Waals surface area contributed by atoms with Crippen molar-refractivity contribution in [2.45, 2.75) is 6.07 Å². The summed E-state index contributed by atoms with van der Waals surface area (Å²) in [5.74, 6) is -7.54. The van der Waals surface area contributed by atoms with Gasteiger partial charge >= 0.3 is 0 Å². The number of rotatable bonds is 1. The fraction of sp³-hybridized carbons (Fsp3) is 0.143. The summed E-state index contributed by atoms with van der Waals surface area (Å²) < 4.78 is 61.9. The SMILES string of the molecule is [B]C(F)c1cc(F)c(F)c(F)c1F. The number of alkyl halides is 1. The van der Waals surface area contributed by atoms with Gasteiger partial charge in [0, 0.05) is 5.56 Å². The first-order chi connectivity index (χ1) is 5.95. The Kier molecular flexibility index (Phi) is 2.59. The molecular formula is C7H2BF5. The van der Waals surface area contributed by atoms with Gasteiger partial charge in [0.25, 0.3) is 0 Å². The average Bonchev–Trinajstić information content (AvgIpc) is 2.07. The normalized spacial score (nSPS) is 13.0. The minimum absolute atomic E-state index is 0.179. The number of benzene rings is 1. The van der Waals surface area contributed by atoms with E-state index in [-0.39, 0.29) is 6.07 Å². The summed E-state index contributed by atoms with van der Waals surface area (Å²) in [6.07, 6.45) is -2.38. The molecule has 0 amide bonds. The molecular weight excluding hydrogens is 190 g/mol. The quantitative estimate of drug-likeness (QED) is 0.277. The molecule has 0 aliphatic heterocycles. The highest BCUT2D eigenvalue weighted by atomic mass is 19.2. The van der Waals surface area contributed by atoms with Crippen LogP contribution in [0.15, 0.2) is 6.07 Å². The van der Waals surface area contributed by atoms with Gasteiger partial charge < -0.3 is 0 Å². The van der Waals surface area contributed by atoms with E-state index in [1.165, 1.54) is 0 Å². The topological polar surface area (TPSA) is 0 Å². The van der Waals surface area contributed by atoms with Crippen molar-refractivity contribution in [3.05, 3.63) is 34.9 Å². The van der Waals surface area contributed by atoms with Gasteiger partial charge in [0.2, 0.25) is 0 Å². The Morgan fingerprint density at radius 3 is 2.00 bits per heavy atom. The van der Waals surface area contributed by atoms with Crippen LogP contribution < -0.4 is 0 Å². The summed E-state index contributed by atoms with van der Waals surface area (Å²) in [6.45, 7) is 0. The maximum absolute atomic E-state index is 12.6. The first-order valence-corrected chi connectivity index (χ1v) is 3.17. The first kappa shape index (κ1) is 10.0. The van der Waals surface area contributed by atoms with Crippen LogP contribution in [0.2, 0.25) is 0 Å². The first-order valence-electron chi connectivity index (χ1n) is 3.17. The third kappa shape index (κ3) is 1.66. The van der Waals surface area contributed by atoms with Gasteiger partial charge in [0.15, 0.2) is 23.3 Å². The fourth-order valence-corrected chi connectivity index (χ4v) is 0.792. The summed E-state index contributed by atoms with van der Waals surface area (Å²) >= 11 is 0. The minimum atomic E-state index is -2.38. The van der Waals surface area contributed by atoms with E-state index in [9.17, 15) is 22.0 Å². The Bertz CT molecular complexity index is 336. The third-order valence-electron chi connectivity index (χ3n) is 1.43. The van der Waals surface area contributed by atoms with Gasteiger partial charge in [-0.3, -0.25) is 4.39 Å². The highest BCUT2D eigenvalue weighted by Crippen LogP contribution is 2.23. The van der Waals surface area contributed by atoms with Crippen LogP contribution in [-0.2, 0) is 0 Å². The lowest BCUT2D eigenvalue weighted by Crippen LogP contribution is -2.03. The molecule has 0 aromatic heterocycles. The Morgan fingerprint density at radius 1 is 1.00 bits per heavy atom. The van der Waals surface area contributed by atoms with Gasteiger partial charge in [-0.25, -0.2) is 17.6 Å². The van der Waals surface area contributed by atoms with E-state index in [0.29, 0.717) is 0 Å². The molecule has 0 aliphatic carbocycles. The van der Waals surface area contributed by atoms with Gasteiger partial charge in [-0.1, -0.05) is 0 Å². The monoisotopic (exact) mass is 192 g/mol. The molecule has 1 atom stereocenters. The number of hydrogen-bond donors (Lipinski definition) is 0. The second-order valence-electron chi connectivity index (χ2n) is 2.29. The molecule has 0 nitrogen and oxygen atoms in total. The zero-order valence-corrected chi connectivity index (χ0v) is 6.12. The molecule has 0 saturated carbocycles. The Labute approximate surface area is 71.8 Å². The van der Waals surface area contributed by atoms with Crippen molar-refractivity contribution in [2.24, 2.45) is 0 Å². The van der Waals surface area contributed by atoms with Crippen LogP contribution in [0, 0.1) is 23.3 Å². The molecule has 1 rings (SSSR count). The van der Waals surface area contributed by atoms with Crippen molar-refractivity contribution in [3.8, 4) is 0 Å². The van der Waals surface area contributed by atoms with Gasteiger partial charge in [-0.15, -0.1) is 0 Å². The predicted molar refractivity (Wildman–Crippen MR) is 35.9 cm³/mol. The molecule has 0 bridgehead atoms. The summed E-state index contributed by atoms with van der Waals surface area (Å²) in [7, 11) is 4.54. The van der Waals surface area contributed by atoms with Crippen LogP contribution in [0.3, 0.4) is 0 Å². The Balaban J connectivity index is 3.41. The predicted octanol–water partition coefficient (Wildman–Crippen LogP) is 2.38. The summed E-state index contributed by atoms with van der Waals surface area (Å²) in [4.78, 5) is 0. The molecule has 0 N–H and O–H groups in total. The fourth-order valence-electron chi connectivity index (χ4n) is 0.792.